The van der Waals surface area contributed by atoms with Crippen molar-refractivity contribution < 1.29 is 5.11 Å². The van der Waals surface area contributed by atoms with E-state index in [1.54, 1.807) is 11.6 Å². The van der Waals surface area contributed by atoms with Crippen LogP contribution in [-0.4, -0.2) is 26.2 Å². The van der Waals surface area contributed by atoms with Gasteiger partial charge in [-0.1, -0.05) is 21.1 Å². The van der Waals surface area contributed by atoms with E-state index < -0.39 is 0 Å². The number of hydrogen-bond acceptors (Lipinski definition) is 3. The molecule has 1 heterocycles. The van der Waals surface area contributed by atoms with E-state index in [1.165, 1.54) is 0 Å². The third-order valence-electron chi connectivity index (χ3n) is 1.42. The van der Waals surface area contributed by atoms with E-state index in [4.69, 9.17) is 5.11 Å². The molecular formula is C7H12BrN3O. The first kappa shape index (κ1) is 9.67. The van der Waals surface area contributed by atoms with Crippen LogP contribution in [0.25, 0.3) is 0 Å². The summed E-state index contributed by atoms with van der Waals surface area (Å²) in [6.45, 7) is 4.20. The van der Waals surface area contributed by atoms with Gasteiger partial charge in [-0.3, -0.25) is 0 Å². The third kappa shape index (κ3) is 2.57. The molecule has 0 saturated heterocycles. The molecule has 0 saturated carbocycles. The van der Waals surface area contributed by atoms with Gasteiger partial charge in [0.2, 0.25) is 0 Å². The maximum atomic E-state index is 9.05. The van der Waals surface area contributed by atoms with Crippen molar-refractivity contribution in [2.24, 2.45) is 0 Å². The van der Waals surface area contributed by atoms with Gasteiger partial charge >= 0.3 is 0 Å². The molecule has 1 N–H and O–H groups in total. The SMILES string of the molecule is CC(O)Cn1cc(C(C)Br)nn1. The van der Waals surface area contributed by atoms with Crippen LogP contribution in [0.1, 0.15) is 24.4 Å². The summed E-state index contributed by atoms with van der Waals surface area (Å²) in [6, 6.07) is 0. The first-order valence-electron chi connectivity index (χ1n) is 3.81. The zero-order valence-electron chi connectivity index (χ0n) is 7.11. The smallest absolute Gasteiger partial charge is 0.0960 e. The minimum absolute atomic E-state index is 0.209. The van der Waals surface area contributed by atoms with Crippen LogP contribution in [0, 0.1) is 0 Å². The fourth-order valence-corrected chi connectivity index (χ4v) is 1.07. The van der Waals surface area contributed by atoms with E-state index in [9.17, 15) is 0 Å². The molecule has 68 valence electrons. The summed E-state index contributed by atoms with van der Waals surface area (Å²) in [7, 11) is 0. The maximum absolute atomic E-state index is 9.05. The van der Waals surface area contributed by atoms with Crippen LogP contribution < -0.4 is 0 Å². The summed E-state index contributed by atoms with van der Waals surface area (Å²) in [4.78, 5) is 0.209. The molecule has 0 aliphatic carbocycles. The number of aliphatic hydroxyl groups is 1. The van der Waals surface area contributed by atoms with Gasteiger partial charge < -0.3 is 5.11 Å². The number of alkyl halides is 1. The van der Waals surface area contributed by atoms with Gasteiger partial charge in [-0.15, -0.1) is 5.10 Å². The lowest BCUT2D eigenvalue weighted by Gasteiger charge is -2.01. The molecule has 5 heteroatoms. The Labute approximate surface area is 79.7 Å². The van der Waals surface area contributed by atoms with Crippen LogP contribution >= 0.6 is 15.9 Å². The van der Waals surface area contributed by atoms with E-state index in [0.29, 0.717) is 6.54 Å². The Hall–Kier alpha value is -0.420. The molecule has 0 aliphatic rings. The van der Waals surface area contributed by atoms with Gasteiger partial charge in [-0.25, -0.2) is 4.68 Å². The summed E-state index contributed by atoms with van der Waals surface area (Å²) in [6.07, 6.45) is 1.44. The van der Waals surface area contributed by atoms with E-state index in [-0.39, 0.29) is 10.9 Å². The molecule has 1 rings (SSSR count). The van der Waals surface area contributed by atoms with E-state index in [0.717, 1.165) is 5.69 Å². The Kier molecular flexibility index (Phi) is 3.22. The lowest BCUT2D eigenvalue weighted by atomic mass is 10.4. The van der Waals surface area contributed by atoms with Crippen molar-refractivity contribution in [1.82, 2.24) is 15.0 Å². The minimum atomic E-state index is -0.384. The average molecular weight is 234 g/mol. The molecule has 0 bridgehead atoms. The highest BCUT2D eigenvalue weighted by Crippen LogP contribution is 2.17. The lowest BCUT2D eigenvalue weighted by Crippen LogP contribution is -2.11. The van der Waals surface area contributed by atoms with Gasteiger partial charge in [0, 0.05) is 6.20 Å². The molecule has 12 heavy (non-hydrogen) atoms. The number of rotatable bonds is 3. The molecule has 1 aromatic heterocycles. The minimum Gasteiger partial charge on any atom is -0.391 e. The van der Waals surface area contributed by atoms with Crippen molar-refractivity contribution in [2.75, 3.05) is 0 Å². The van der Waals surface area contributed by atoms with Crippen LogP contribution in [0.3, 0.4) is 0 Å². The zero-order valence-corrected chi connectivity index (χ0v) is 8.69. The lowest BCUT2D eigenvalue weighted by molar-refractivity contribution is 0.167. The highest BCUT2D eigenvalue weighted by atomic mass is 79.9. The standard InChI is InChI=1S/C7H12BrN3O/c1-5(12)3-11-4-7(6(2)8)9-10-11/h4-6,12H,3H2,1-2H3. The molecule has 4 nitrogen and oxygen atoms in total. The van der Waals surface area contributed by atoms with Gasteiger partial charge in [0.15, 0.2) is 0 Å². The Morgan fingerprint density at radius 1 is 1.67 bits per heavy atom. The van der Waals surface area contributed by atoms with Gasteiger partial charge in [0.25, 0.3) is 0 Å². The molecule has 2 unspecified atom stereocenters. The topological polar surface area (TPSA) is 50.9 Å². The molecule has 0 aromatic carbocycles. The first-order chi connectivity index (χ1) is 5.59. The van der Waals surface area contributed by atoms with E-state index >= 15 is 0 Å². The van der Waals surface area contributed by atoms with Gasteiger partial charge in [-0.2, -0.15) is 0 Å². The summed E-state index contributed by atoms with van der Waals surface area (Å²) in [5.41, 5.74) is 0.885. The third-order valence-corrected chi connectivity index (χ3v) is 1.88. The Bertz CT molecular complexity index is 247. The second kappa shape index (κ2) is 4.00. The van der Waals surface area contributed by atoms with Gasteiger partial charge in [0.05, 0.1) is 23.2 Å². The van der Waals surface area contributed by atoms with Crippen LogP contribution in [0.5, 0.6) is 0 Å². The van der Waals surface area contributed by atoms with E-state index in [1.807, 2.05) is 13.1 Å². The van der Waals surface area contributed by atoms with Crippen molar-refractivity contribution in [1.29, 1.82) is 0 Å². The van der Waals surface area contributed by atoms with Crippen LogP contribution in [0.15, 0.2) is 6.20 Å². The fourth-order valence-electron chi connectivity index (χ4n) is 0.856. The largest absolute Gasteiger partial charge is 0.391 e. The number of halogens is 1. The summed E-state index contributed by atoms with van der Waals surface area (Å²) >= 11 is 3.38. The maximum Gasteiger partial charge on any atom is 0.0960 e. The molecular weight excluding hydrogens is 222 g/mol. The number of aromatic nitrogens is 3. The van der Waals surface area contributed by atoms with Crippen molar-refractivity contribution in [3.05, 3.63) is 11.9 Å². The van der Waals surface area contributed by atoms with Crippen molar-refractivity contribution in [2.45, 2.75) is 31.3 Å². The predicted molar refractivity (Wildman–Crippen MR) is 49.0 cm³/mol. The second-order valence-corrected chi connectivity index (χ2v) is 4.20. The van der Waals surface area contributed by atoms with Crippen LogP contribution in [-0.2, 0) is 6.54 Å². The fraction of sp³-hybridized carbons (Fsp3) is 0.714. The predicted octanol–water partition coefficient (Wildman–Crippen LogP) is 1.11. The van der Waals surface area contributed by atoms with Crippen molar-refractivity contribution >= 4 is 15.9 Å². The molecule has 2 atom stereocenters. The van der Waals surface area contributed by atoms with Crippen molar-refractivity contribution in [3.63, 3.8) is 0 Å². The highest BCUT2D eigenvalue weighted by Gasteiger charge is 2.06. The molecule has 0 radical (unpaired) electrons. The molecule has 1 aromatic rings. The first-order valence-corrected chi connectivity index (χ1v) is 4.73. The van der Waals surface area contributed by atoms with Crippen LogP contribution in [0.2, 0.25) is 0 Å². The molecule has 0 aliphatic heterocycles. The van der Waals surface area contributed by atoms with Crippen LogP contribution in [0.4, 0.5) is 0 Å². The highest BCUT2D eigenvalue weighted by molar-refractivity contribution is 9.09. The summed E-state index contributed by atoms with van der Waals surface area (Å²) < 4.78 is 1.64. The molecule has 0 fully saturated rings. The molecule has 0 amide bonds. The normalized spacial score (nSPS) is 16.0. The molecule has 0 spiro atoms. The number of aliphatic hydroxyl groups excluding tert-OH is 1. The van der Waals surface area contributed by atoms with E-state index in [2.05, 4.69) is 26.2 Å². The summed E-state index contributed by atoms with van der Waals surface area (Å²) in [5.74, 6) is 0. The quantitative estimate of drug-likeness (QED) is 0.797. The monoisotopic (exact) mass is 233 g/mol. The second-order valence-electron chi connectivity index (χ2n) is 2.83. The van der Waals surface area contributed by atoms with Gasteiger partial charge in [-0.05, 0) is 13.8 Å². The van der Waals surface area contributed by atoms with Crippen molar-refractivity contribution in [3.8, 4) is 0 Å². The Morgan fingerprint density at radius 2 is 2.33 bits per heavy atom. The summed E-state index contributed by atoms with van der Waals surface area (Å²) in [5, 5.41) is 16.8. The Morgan fingerprint density at radius 3 is 2.75 bits per heavy atom. The number of hydrogen-bond donors (Lipinski definition) is 1. The zero-order chi connectivity index (χ0) is 9.14. The average Bonchev–Trinajstić information content (AvgIpc) is 2.34. The Balaban J connectivity index is 2.64. The van der Waals surface area contributed by atoms with Gasteiger partial charge in [0.1, 0.15) is 0 Å². The number of nitrogens with zero attached hydrogens (tertiary/aromatic N) is 3.